The molecule has 1 aromatic carbocycles. The Kier molecular flexibility index (Phi) is 5.39. The third-order valence-corrected chi connectivity index (χ3v) is 5.61. The van der Waals surface area contributed by atoms with Crippen molar-refractivity contribution >= 4 is 22.7 Å². The predicted octanol–water partition coefficient (Wildman–Crippen LogP) is 1.36. The van der Waals surface area contributed by atoms with Crippen LogP contribution in [0.3, 0.4) is 0 Å². The number of morpholine rings is 1. The Morgan fingerprint density at radius 3 is 2.77 bits per heavy atom. The number of hydrogen-bond acceptors (Lipinski definition) is 8. The van der Waals surface area contributed by atoms with Crippen LogP contribution >= 0.6 is 0 Å². The minimum atomic E-state index is -0.401. The maximum atomic E-state index is 12.4. The number of rotatable bonds is 3. The second-order valence-electron chi connectivity index (χ2n) is 7.65. The standard InChI is InChI=1S/C21H25N7O3/c1-15-12-16-14-24-28(18(16)13-17(15)26-8-10-30-11-9-26)20-23-3-2-19(25-20)31-21(29)27-6-4-22-5-7-27/h2-3,12-14,22H,4-11H2,1H3. The molecule has 0 bridgehead atoms. The molecule has 0 unspecified atom stereocenters. The summed E-state index contributed by atoms with van der Waals surface area (Å²) in [4.78, 5) is 25.2. The summed E-state index contributed by atoms with van der Waals surface area (Å²) in [7, 11) is 0. The smallest absolute Gasteiger partial charge is 0.391 e. The van der Waals surface area contributed by atoms with Gasteiger partial charge in [-0.15, -0.1) is 0 Å². The first kappa shape index (κ1) is 19.7. The molecule has 2 aromatic heterocycles. The Morgan fingerprint density at radius 2 is 1.97 bits per heavy atom. The van der Waals surface area contributed by atoms with Crippen molar-refractivity contribution < 1.29 is 14.3 Å². The number of amides is 1. The first-order valence-electron chi connectivity index (χ1n) is 10.5. The first-order chi connectivity index (χ1) is 15.2. The molecule has 0 spiro atoms. The van der Waals surface area contributed by atoms with E-state index in [1.54, 1.807) is 28.0 Å². The lowest BCUT2D eigenvalue weighted by Crippen LogP contribution is -2.47. The van der Waals surface area contributed by atoms with Gasteiger partial charge in [0.25, 0.3) is 5.95 Å². The second-order valence-corrected chi connectivity index (χ2v) is 7.65. The SMILES string of the molecule is Cc1cc2cnn(-c3nccc(OC(=O)N4CCNCC4)n3)c2cc1N1CCOCC1. The summed E-state index contributed by atoms with van der Waals surface area (Å²) < 4.78 is 12.7. The Bertz CT molecular complexity index is 1090. The van der Waals surface area contributed by atoms with Crippen molar-refractivity contribution in [3.63, 3.8) is 0 Å². The van der Waals surface area contributed by atoms with E-state index in [1.807, 2.05) is 0 Å². The van der Waals surface area contributed by atoms with Crippen LogP contribution in [0.25, 0.3) is 16.9 Å². The van der Waals surface area contributed by atoms with Crippen LogP contribution in [0.4, 0.5) is 10.5 Å². The lowest BCUT2D eigenvalue weighted by Gasteiger charge is -2.30. The topological polar surface area (TPSA) is 97.6 Å². The lowest BCUT2D eigenvalue weighted by molar-refractivity contribution is 0.122. The molecule has 0 radical (unpaired) electrons. The number of fused-ring (bicyclic) bond motifs is 1. The molecule has 0 saturated carbocycles. The van der Waals surface area contributed by atoms with Gasteiger partial charge in [-0.2, -0.15) is 14.8 Å². The molecule has 2 aliphatic heterocycles. The van der Waals surface area contributed by atoms with Gasteiger partial charge in [0.2, 0.25) is 5.88 Å². The van der Waals surface area contributed by atoms with Crippen molar-refractivity contribution in [2.75, 3.05) is 57.4 Å². The van der Waals surface area contributed by atoms with E-state index in [-0.39, 0.29) is 5.88 Å². The molecule has 0 atom stereocenters. The van der Waals surface area contributed by atoms with Gasteiger partial charge in [0.15, 0.2) is 0 Å². The average Bonchev–Trinajstić information content (AvgIpc) is 3.22. The van der Waals surface area contributed by atoms with Crippen LogP contribution in [0.1, 0.15) is 5.56 Å². The Balaban J connectivity index is 1.43. The minimum Gasteiger partial charge on any atom is -0.391 e. The fourth-order valence-electron chi connectivity index (χ4n) is 3.97. The van der Waals surface area contributed by atoms with E-state index in [1.165, 1.54) is 5.56 Å². The molecule has 1 N–H and O–H groups in total. The highest BCUT2D eigenvalue weighted by atomic mass is 16.6. The Morgan fingerprint density at radius 1 is 1.16 bits per heavy atom. The number of nitrogens with one attached hydrogen (secondary N) is 1. The number of piperazine rings is 1. The van der Waals surface area contributed by atoms with E-state index >= 15 is 0 Å². The summed E-state index contributed by atoms with van der Waals surface area (Å²) in [6.07, 6.45) is 2.98. The number of carbonyl (C=O) groups is 1. The molecular weight excluding hydrogens is 398 g/mol. The number of anilines is 1. The monoisotopic (exact) mass is 423 g/mol. The van der Waals surface area contributed by atoms with Crippen LogP contribution in [-0.4, -0.2) is 83.2 Å². The number of aromatic nitrogens is 4. The summed E-state index contributed by atoms with van der Waals surface area (Å²) in [5.74, 6) is 0.565. The largest absolute Gasteiger partial charge is 0.416 e. The molecule has 2 aliphatic rings. The summed E-state index contributed by atoms with van der Waals surface area (Å²) in [6.45, 7) is 8.01. The molecule has 0 aliphatic carbocycles. The molecule has 162 valence electrons. The normalized spacial score (nSPS) is 17.2. The van der Waals surface area contributed by atoms with Crippen LogP contribution in [-0.2, 0) is 4.74 Å². The van der Waals surface area contributed by atoms with E-state index in [9.17, 15) is 4.79 Å². The molecule has 2 fully saturated rings. The van der Waals surface area contributed by atoms with Gasteiger partial charge in [0.05, 0.1) is 24.9 Å². The molecule has 2 saturated heterocycles. The van der Waals surface area contributed by atoms with Gasteiger partial charge in [0, 0.05) is 62.6 Å². The third kappa shape index (κ3) is 4.04. The van der Waals surface area contributed by atoms with Gasteiger partial charge in [-0.3, -0.25) is 0 Å². The zero-order chi connectivity index (χ0) is 21.2. The van der Waals surface area contributed by atoms with Crippen LogP contribution in [0.15, 0.2) is 30.6 Å². The van der Waals surface area contributed by atoms with Crippen molar-refractivity contribution in [1.82, 2.24) is 30.0 Å². The molecule has 4 heterocycles. The first-order valence-corrected chi connectivity index (χ1v) is 10.5. The molecular formula is C21H25N7O3. The number of benzene rings is 1. The molecule has 10 nitrogen and oxygen atoms in total. The van der Waals surface area contributed by atoms with Gasteiger partial charge in [-0.05, 0) is 24.6 Å². The Labute approximate surface area is 179 Å². The van der Waals surface area contributed by atoms with Gasteiger partial charge < -0.3 is 24.6 Å². The van der Waals surface area contributed by atoms with Crippen molar-refractivity contribution in [1.29, 1.82) is 0 Å². The maximum Gasteiger partial charge on any atom is 0.416 e. The highest BCUT2D eigenvalue weighted by Crippen LogP contribution is 2.28. The van der Waals surface area contributed by atoms with E-state index in [2.05, 4.69) is 44.3 Å². The zero-order valence-electron chi connectivity index (χ0n) is 17.5. The number of nitrogens with zero attached hydrogens (tertiary/aromatic N) is 6. The average molecular weight is 423 g/mol. The second kappa shape index (κ2) is 8.48. The van der Waals surface area contributed by atoms with Gasteiger partial charge in [-0.1, -0.05) is 0 Å². The Hall–Kier alpha value is -3.24. The molecule has 31 heavy (non-hydrogen) atoms. The van der Waals surface area contributed by atoms with E-state index in [0.29, 0.717) is 19.0 Å². The molecule has 1 amide bonds. The third-order valence-electron chi connectivity index (χ3n) is 5.61. The van der Waals surface area contributed by atoms with Crippen LogP contribution in [0.2, 0.25) is 0 Å². The summed E-state index contributed by atoms with van der Waals surface area (Å²) in [5, 5.41) is 8.71. The fourth-order valence-corrected chi connectivity index (χ4v) is 3.97. The van der Waals surface area contributed by atoms with E-state index in [4.69, 9.17) is 9.47 Å². The summed E-state index contributed by atoms with van der Waals surface area (Å²) >= 11 is 0. The van der Waals surface area contributed by atoms with Gasteiger partial charge >= 0.3 is 6.09 Å². The van der Waals surface area contributed by atoms with E-state index in [0.717, 1.165) is 56.0 Å². The number of ether oxygens (including phenoxy) is 2. The fraction of sp³-hybridized carbons (Fsp3) is 0.429. The molecule has 3 aromatic rings. The van der Waals surface area contributed by atoms with Crippen LogP contribution < -0.4 is 15.0 Å². The number of hydrogen-bond donors (Lipinski definition) is 1. The highest BCUT2D eigenvalue weighted by molar-refractivity contribution is 5.85. The van der Waals surface area contributed by atoms with Crippen LogP contribution in [0, 0.1) is 6.92 Å². The highest BCUT2D eigenvalue weighted by Gasteiger charge is 2.20. The van der Waals surface area contributed by atoms with Crippen molar-refractivity contribution in [2.24, 2.45) is 0 Å². The maximum absolute atomic E-state index is 12.4. The number of carbonyl (C=O) groups excluding carboxylic acids is 1. The zero-order valence-corrected chi connectivity index (χ0v) is 17.5. The number of aryl methyl sites for hydroxylation is 1. The summed E-state index contributed by atoms with van der Waals surface area (Å²) in [5.41, 5.74) is 3.24. The molecule has 5 rings (SSSR count). The predicted molar refractivity (Wildman–Crippen MR) is 115 cm³/mol. The van der Waals surface area contributed by atoms with Gasteiger partial charge in [-0.25, -0.2) is 9.78 Å². The van der Waals surface area contributed by atoms with Crippen molar-refractivity contribution in [3.8, 4) is 11.8 Å². The summed E-state index contributed by atoms with van der Waals surface area (Å²) in [6, 6.07) is 5.82. The quantitative estimate of drug-likeness (QED) is 0.675. The lowest BCUT2D eigenvalue weighted by atomic mass is 10.1. The van der Waals surface area contributed by atoms with Crippen molar-refractivity contribution in [2.45, 2.75) is 6.92 Å². The minimum absolute atomic E-state index is 0.206. The molecule has 10 heteroatoms. The van der Waals surface area contributed by atoms with Crippen molar-refractivity contribution in [3.05, 3.63) is 36.2 Å². The van der Waals surface area contributed by atoms with E-state index < -0.39 is 6.09 Å². The van der Waals surface area contributed by atoms with Gasteiger partial charge in [0.1, 0.15) is 0 Å². The van der Waals surface area contributed by atoms with Crippen LogP contribution in [0.5, 0.6) is 5.88 Å².